The molecule has 0 fully saturated rings. The molecule has 2 heterocycles. The van der Waals surface area contributed by atoms with Crippen LogP contribution in [-0.2, 0) is 7.05 Å². The maximum atomic E-state index is 12.1. The van der Waals surface area contributed by atoms with Crippen molar-refractivity contribution in [1.82, 2.24) is 20.0 Å². The molecule has 0 aliphatic rings. The monoisotopic (exact) mass is 397 g/mol. The Kier molecular flexibility index (Phi) is 4.90. The molecule has 2 aromatic heterocycles. The molecule has 30 heavy (non-hydrogen) atoms. The minimum absolute atomic E-state index is 0.224. The first-order valence-electron chi connectivity index (χ1n) is 9.29. The predicted octanol–water partition coefficient (Wildman–Crippen LogP) is 3.70. The van der Waals surface area contributed by atoms with E-state index in [1.165, 1.54) is 0 Å². The van der Waals surface area contributed by atoms with E-state index >= 15 is 0 Å². The zero-order chi connectivity index (χ0) is 21.3. The summed E-state index contributed by atoms with van der Waals surface area (Å²) in [5.41, 5.74) is 4.29. The minimum Gasteiger partial charge on any atom is -0.497 e. The Bertz CT molecular complexity index is 1390. The number of hydrogen-bond donors (Lipinski definition) is 1. The number of allylic oxidation sites excluding steroid dienone is 1. The van der Waals surface area contributed by atoms with Gasteiger partial charge >= 0.3 is 0 Å². The number of fused-ring (bicyclic) bond motifs is 1. The molecule has 0 atom stereocenters. The zero-order valence-electron chi connectivity index (χ0n) is 16.8. The second kappa shape index (κ2) is 7.68. The van der Waals surface area contributed by atoms with Gasteiger partial charge in [-0.25, -0.2) is 5.10 Å². The van der Waals surface area contributed by atoms with E-state index in [0.717, 1.165) is 33.5 Å². The molecule has 0 saturated carbocycles. The number of methoxy groups -OCH3 is 1. The fourth-order valence-corrected chi connectivity index (χ4v) is 3.41. The molecule has 4 aromatic rings. The lowest BCUT2D eigenvalue weighted by Gasteiger charge is -2.07. The predicted molar refractivity (Wildman–Crippen MR) is 116 cm³/mol. The summed E-state index contributed by atoms with van der Waals surface area (Å²) >= 11 is 0. The van der Waals surface area contributed by atoms with E-state index in [9.17, 15) is 10.1 Å². The van der Waals surface area contributed by atoms with Crippen LogP contribution in [0, 0.1) is 18.3 Å². The highest BCUT2D eigenvalue weighted by atomic mass is 16.5. The number of rotatable bonds is 4. The van der Waals surface area contributed by atoms with E-state index < -0.39 is 0 Å². The fourth-order valence-electron chi connectivity index (χ4n) is 3.41. The van der Waals surface area contributed by atoms with Gasteiger partial charge in [0.15, 0.2) is 0 Å². The number of nitrogens with zero attached hydrogens (tertiary/aromatic N) is 4. The smallest absolute Gasteiger partial charge is 0.272 e. The normalized spacial score (nSPS) is 11.5. The van der Waals surface area contributed by atoms with Gasteiger partial charge in [0, 0.05) is 18.0 Å². The quantitative estimate of drug-likeness (QED) is 0.530. The van der Waals surface area contributed by atoms with Crippen molar-refractivity contribution in [3.05, 3.63) is 76.0 Å². The van der Waals surface area contributed by atoms with Gasteiger partial charge in [0.25, 0.3) is 5.56 Å². The van der Waals surface area contributed by atoms with Crippen molar-refractivity contribution in [1.29, 1.82) is 5.26 Å². The summed E-state index contributed by atoms with van der Waals surface area (Å²) in [6.45, 7) is 1.85. The van der Waals surface area contributed by atoms with Gasteiger partial charge in [-0.3, -0.25) is 9.48 Å². The van der Waals surface area contributed by atoms with E-state index in [4.69, 9.17) is 4.74 Å². The van der Waals surface area contributed by atoms with Crippen LogP contribution in [0.15, 0.2) is 53.5 Å². The average molecular weight is 397 g/mol. The molecule has 0 bridgehead atoms. The summed E-state index contributed by atoms with van der Waals surface area (Å²) in [4.78, 5) is 12.1. The Morgan fingerprint density at radius 1 is 1.23 bits per heavy atom. The third kappa shape index (κ3) is 3.35. The van der Waals surface area contributed by atoms with Crippen LogP contribution in [0.25, 0.3) is 33.5 Å². The summed E-state index contributed by atoms with van der Waals surface area (Å²) in [5.74, 6) is 0.682. The van der Waals surface area contributed by atoms with Crippen molar-refractivity contribution in [2.24, 2.45) is 7.05 Å². The molecule has 4 rings (SSSR count). The number of H-pyrrole nitrogens is 1. The second-order valence-electron chi connectivity index (χ2n) is 6.87. The Labute approximate surface area is 172 Å². The van der Waals surface area contributed by atoms with Crippen molar-refractivity contribution in [3.8, 4) is 22.9 Å². The van der Waals surface area contributed by atoms with Crippen LogP contribution in [0.2, 0.25) is 0 Å². The topological polar surface area (TPSA) is 96.6 Å². The zero-order valence-corrected chi connectivity index (χ0v) is 16.8. The number of hydrogen-bond acceptors (Lipinski definition) is 5. The van der Waals surface area contributed by atoms with Crippen LogP contribution >= 0.6 is 0 Å². The Hall–Kier alpha value is -4.18. The van der Waals surface area contributed by atoms with E-state index in [0.29, 0.717) is 16.7 Å². The van der Waals surface area contributed by atoms with Crippen LogP contribution in [0.5, 0.6) is 5.75 Å². The molecule has 148 valence electrons. The van der Waals surface area contributed by atoms with Gasteiger partial charge in [-0.1, -0.05) is 18.2 Å². The molecule has 0 amide bonds. The van der Waals surface area contributed by atoms with Crippen LogP contribution in [0.4, 0.5) is 0 Å². The van der Waals surface area contributed by atoms with Gasteiger partial charge in [0.2, 0.25) is 0 Å². The highest BCUT2D eigenvalue weighted by Crippen LogP contribution is 2.30. The first kappa shape index (κ1) is 19.2. The summed E-state index contributed by atoms with van der Waals surface area (Å²) < 4.78 is 7.00. The number of ether oxygens (including phenoxy) is 1. The van der Waals surface area contributed by atoms with Gasteiger partial charge in [-0.15, -0.1) is 0 Å². The average Bonchev–Trinajstić information content (AvgIpc) is 3.14. The highest BCUT2D eigenvalue weighted by molar-refractivity contribution is 5.94. The molecule has 0 unspecified atom stereocenters. The van der Waals surface area contributed by atoms with Crippen molar-refractivity contribution in [3.63, 3.8) is 0 Å². The lowest BCUT2D eigenvalue weighted by Crippen LogP contribution is -2.09. The van der Waals surface area contributed by atoms with Crippen LogP contribution in [-0.4, -0.2) is 27.1 Å². The largest absolute Gasteiger partial charge is 0.497 e. The number of nitriles is 1. The molecule has 0 radical (unpaired) electrons. The second-order valence-corrected chi connectivity index (χ2v) is 6.87. The summed E-state index contributed by atoms with van der Waals surface area (Å²) in [7, 11) is 3.42. The molecule has 2 aromatic carbocycles. The number of benzene rings is 2. The number of aromatic amines is 1. The summed E-state index contributed by atoms with van der Waals surface area (Å²) in [6.07, 6.45) is 3.56. The fraction of sp³-hybridized carbons (Fsp3) is 0.130. The number of aromatic nitrogens is 4. The molecule has 0 saturated heterocycles. The van der Waals surface area contributed by atoms with Gasteiger partial charge < -0.3 is 4.74 Å². The van der Waals surface area contributed by atoms with Gasteiger partial charge in [-0.05, 0) is 48.4 Å². The Balaban J connectivity index is 1.87. The van der Waals surface area contributed by atoms with Gasteiger partial charge in [0.1, 0.15) is 5.75 Å². The lowest BCUT2D eigenvalue weighted by molar-refractivity contribution is 0.414. The summed E-state index contributed by atoms with van der Waals surface area (Å²) in [6, 6.07) is 15.2. The lowest BCUT2D eigenvalue weighted by atomic mass is 9.99. The third-order valence-electron chi connectivity index (χ3n) is 5.06. The van der Waals surface area contributed by atoms with Gasteiger partial charge in [-0.2, -0.15) is 15.5 Å². The molecule has 0 aliphatic carbocycles. The van der Waals surface area contributed by atoms with E-state index in [2.05, 4.69) is 21.4 Å². The molecule has 0 spiro atoms. The van der Waals surface area contributed by atoms with Crippen LogP contribution in [0.3, 0.4) is 0 Å². The maximum Gasteiger partial charge on any atom is 0.272 e. The van der Waals surface area contributed by atoms with Crippen molar-refractivity contribution >= 4 is 22.4 Å². The third-order valence-corrected chi connectivity index (χ3v) is 5.06. The molecular weight excluding hydrogens is 378 g/mol. The Morgan fingerprint density at radius 2 is 2.07 bits per heavy atom. The van der Waals surface area contributed by atoms with E-state index in [1.54, 1.807) is 24.1 Å². The number of aryl methyl sites for hydroxylation is 2. The first-order valence-corrected chi connectivity index (χ1v) is 9.29. The minimum atomic E-state index is -0.224. The molecule has 0 aliphatic heterocycles. The van der Waals surface area contributed by atoms with Crippen molar-refractivity contribution < 1.29 is 4.74 Å². The van der Waals surface area contributed by atoms with E-state index in [1.807, 2.05) is 56.4 Å². The molecular formula is C23H19N5O2. The maximum absolute atomic E-state index is 12.1. The highest BCUT2D eigenvalue weighted by Gasteiger charge is 2.13. The van der Waals surface area contributed by atoms with Crippen molar-refractivity contribution in [2.45, 2.75) is 6.92 Å². The summed E-state index contributed by atoms with van der Waals surface area (Å²) in [5, 5.41) is 22.1. The first-order chi connectivity index (χ1) is 14.5. The molecule has 7 heteroatoms. The van der Waals surface area contributed by atoms with Gasteiger partial charge in [0.05, 0.1) is 41.7 Å². The van der Waals surface area contributed by atoms with Crippen molar-refractivity contribution in [2.75, 3.05) is 7.11 Å². The van der Waals surface area contributed by atoms with Crippen LogP contribution in [0.1, 0.15) is 17.0 Å². The standard InChI is InChI=1S/C23H19N5O2/c1-14-20-10-16(7-8-19(20)23(29)27-26-14)21-13-25-28(2)22(21)11-17(12-24)15-5-4-6-18(9-15)30-3/h4-11,13H,1-3H3,(H,27,29). The number of nitrogens with one attached hydrogen (secondary N) is 1. The van der Waals surface area contributed by atoms with Crippen LogP contribution < -0.4 is 10.3 Å². The SMILES string of the molecule is COc1cccc(C(C#N)=Cc2c(-c3ccc4c(=O)[nH]nc(C)c4c3)cnn2C)c1. The van der Waals surface area contributed by atoms with E-state index in [-0.39, 0.29) is 5.56 Å². The molecule has 1 N–H and O–H groups in total. The molecule has 7 nitrogen and oxygen atoms in total. The Morgan fingerprint density at radius 3 is 2.83 bits per heavy atom.